The fourth-order valence-electron chi connectivity index (χ4n) is 2.99. The highest BCUT2D eigenvalue weighted by molar-refractivity contribution is 6.39. The van der Waals surface area contributed by atoms with E-state index >= 15 is 0 Å². The van der Waals surface area contributed by atoms with E-state index < -0.39 is 17.8 Å². The molecule has 150 valence electrons. The molecule has 2 aromatic carbocycles. The molecule has 0 saturated carbocycles. The average Bonchev–Trinajstić information content (AvgIpc) is 3.17. The van der Waals surface area contributed by atoms with Crippen molar-refractivity contribution in [2.75, 3.05) is 4.90 Å². The molecular weight excluding hydrogens is 427 g/mol. The predicted octanol–water partition coefficient (Wildman–Crippen LogP) is 5.23. The van der Waals surface area contributed by atoms with Gasteiger partial charge in [-0.05, 0) is 55.5 Å². The van der Waals surface area contributed by atoms with Crippen LogP contribution < -0.4 is 10.2 Å². The highest BCUT2D eigenvalue weighted by Gasteiger charge is 2.37. The Kier molecular flexibility index (Phi) is 5.20. The Hall–Kier alpha value is -3.35. The van der Waals surface area contributed by atoms with E-state index in [4.69, 9.17) is 27.6 Å². The predicted molar refractivity (Wildman–Crippen MR) is 114 cm³/mol. The molecule has 0 spiro atoms. The van der Waals surface area contributed by atoms with Crippen LogP contribution in [0.25, 0.3) is 17.4 Å². The first kappa shape index (κ1) is 19.9. The number of halogens is 2. The van der Waals surface area contributed by atoms with Crippen LogP contribution in [-0.4, -0.2) is 17.8 Å². The highest BCUT2D eigenvalue weighted by atomic mass is 35.5. The molecule has 1 N–H and O–H groups in total. The molecule has 4 amide bonds. The van der Waals surface area contributed by atoms with Crippen molar-refractivity contribution in [3.05, 3.63) is 81.5 Å². The maximum atomic E-state index is 12.9. The summed E-state index contributed by atoms with van der Waals surface area (Å²) >= 11 is 12.2. The van der Waals surface area contributed by atoms with Gasteiger partial charge in [-0.2, -0.15) is 0 Å². The van der Waals surface area contributed by atoms with E-state index in [1.54, 1.807) is 54.6 Å². The molecule has 4 rings (SSSR count). The van der Waals surface area contributed by atoms with Crippen LogP contribution in [0.15, 0.2) is 64.6 Å². The Morgan fingerprint density at radius 3 is 2.43 bits per heavy atom. The Morgan fingerprint density at radius 1 is 0.967 bits per heavy atom. The lowest BCUT2D eigenvalue weighted by atomic mass is 10.1. The van der Waals surface area contributed by atoms with Gasteiger partial charge in [0.2, 0.25) is 0 Å². The van der Waals surface area contributed by atoms with E-state index in [9.17, 15) is 14.4 Å². The third-order valence-electron chi connectivity index (χ3n) is 4.50. The van der Waals surface area contributed by atoms with Crippen LogP contribution in [0.3, 0.4) is 0 Å². The van der Waals surface area contributed by atoms with Gasteiger partial charge >= 0.3 is 6.03 Å². The number of imide groups is 2. The molecule has 0 atom stereocenters. The van der Waals surface area contributed by atoms with E-state index in [-0.39, 0.29) is 11.3 Å². The van der Waals surface area contributed by atoms with Crippen molar-refractivity contribution < 1.29 is 18.8 Å². The summed E-state index contributed by atoms with van der Waals surface area (Å²) in [6, 6.07) is 14.2. The number of rotatable bonds is 3. The second-order valence-electron chi connectivity index (χ2n) is 6.62. The standard InChI is InChI=1S/C22H14Cl2N2O4/c1-12-2-5-14(6-3-12)26-21(28)17(20(27)25-22(26)29)11-15-7-9-19(30-15)16-10-13(23)4-8-18(16)24/h2-11H,1H3,(H,25,27,29)/b17-11-. The molecule has 0 bridgehead atoms. The molecule has 0 unspecified atom stereocenters. The number of anilines is 1. The first-order chi connectivity index (χ1) is 14.3. The number of hydrogen-bond donors (Lipinski definition) is 1. The second-order valence-corrected chi connectivity index (χ2v) is 7.46. The molecule has 1 aromatic heterocycles. The highest BCUT2D eigenvalue weighted by Crippen LogP contribution is 2.32. The number of hydrogen-bond acceptors (Lipinski definition) is 4. The van der Waals surface area contributed by atoms with Gasteiger partial charge < -0.3 is 4.42 Å². The number of furan rings is 1. The minimum atomic E-state index is -0.808. The molecule has 8 heteroatoms. The molecule has 3 aromatic rings. The lowest BCUT2D eigenvalue weighted by Crippen LogP contribution is -2.54. The topological polar surface area (TPSA) is 79.6 Å². The summed E-state index contributed by atoms with van der Waals surface area (Å²) in [4.78, 5) is 38.4. The Balaban J connectivity index is 1.69. The zero-order valence-corrected chi connectivity index (χ0v) is 17.1. The van der Waals surface area contributed by atoms with Crippen molar-refractivity contribution in [3.8, 4) is 11.3 Å². The van der Waals surface area contributed by atoms with Crippen molar-refractivity contribution in [1.29, 1.82) is 0 Å². The minimum absolute atomic E-state index is 0.228. The van der Waals surface area contributed by atoms with Gasteiger partial charge in [0.1, 0.15) is 17.1 Å². The summed E-state index contributed by atoms with van der Waals surface area (Å²) in [7, 11) is 0. The van der Waals surface area contributed by atoms with Gasteiger partial charge in [-0.1, -0.05) is 40.9 Å². The van der Waals surface area contributed by atoms with E-state index in [1.807, 2.05) is 6.92 Å². The van der Waals surface area contributed by atoms with E-state index in [2.05, 4.69) is 5.32 Å². The van der Waals surface area contributed by atoms with Crippen LogP contribution in [0.1, 0.15) is 11.3 Å². The number of benzene rings is 2. The molecule has 0 aliphatic carbocycles. The van der Waals surface area contributed by atoms with Gasteiger partial charge in [0.15, 0.2) is 0 Å². The van der Waals surface area contributed by atoms with Gasteiger partial charge in [0.25, 0.3) is 11.8 Å². The first-order valence-corrected chi connectivity index (χ1v) is 9.62. The third kappa shape index (κ3) is 3.75. The molecule has 2 heterocycles. The SMILES string of the molecule is Cc1ccc(N2C(=O)NC(=O)/C(=C/c3ccc(-c4cc(Cl)ccc4Cl)o3)C2=O)cc1. The molecule has 1 saturated heterocycles. The third-order valence-corrected chi connectivity index (χ3v) is 5.07. The lowest BCUT2D eigenvalue weighted by molar-refractivity contribution is -0.122. The Labute approximate surface area is 181 Å². The molecule has 1 aliphatic heterocycles. The average molecular weight is 441 g/mol. The fourth-order valence-corrected chi connectivity index (χ4v) is 3.37. The zero-order chi connectivity index (χ0) is 21.4. The summed E-state index contributed by atoms with van der Waals surface area (Å²) in [6.45, 7) is 1.89. The van der Waals surface area contributed by atoms with Crippen LogP contribution in [0.5, 0.6) is 0 Å². The van der Waals surface area contributed by atoms with Gasteiger partial charge in [-0.15, -0.1) is 0 Å². The summed E-state index contributed by atoms with van der Waals surface area (Å²) < 4.78 is 5.73. The number of amides is 4. The monoisotopic (exact) mass is 440 g/mol. The number of urea groups is 1. The van der Waals surface area contributed by atoms with E-state index in [0.29, 0.717) is 27.1 Å². The number of nitrogens with one attached hydrogen (secondary N) is 1. The summed E-state index contributed by atoms with van der Waals surface area (Å²) in [5.74, 6) is -0.874. The van der Waals surface area contributed by atoms with Crippen molar-refractivity contribution in [2.24, 2.45) is 0 Å². The van der Waals surface area contributed by atoms with Crippen molar-refractivity contribution in [1.82, 2.24) is 5.32 Å². The largest absolute Gasteiger partial charge is 0.457 e. The fraction of sp³-hybridized carbons (Fsp3) is 0.0455. The quantitative estimate of drug-likeness (QED) is 0.446. The van der Waals surface area contributed by atoms with Crippen LogP contribution in [0, 0.1) is 6.92 Å². The van der Waals surface area contributed by atoms with Crippen molar-refractivity contribution in [2.45, 2.75) is 6.92 Å². The normalized spacial score (nSPS) is 15.6. The number of nitrogens with zero attached hydrogens (tertiary/aromatic N) is 1. The van der Waals surface area contributed by atoms with Crippen LogP contribution in [0.2, 0.25) is 10.0 Å². The molecule has 0 radical (unpaired) electrons. The van der Waals surface area contributed by atoms with Crippen LogP contribution >= 0.6 is 23.2 Å². The molecular formula is C22H14Cl2N2O4. The molecule has 30 heavy (non-hydrogen) atoms. The number of aryl methyl sites for hydroxylation is 1. The second kappa shape index (κ2) is 7.82. The van der Waals surface area contributed by atoms with Crippen molar-refractivity contribution >= 4 is 52.8 Å². The number of carbonyl (C=O) groups is 3. The van der Waals surface area contributed by atoms with E-state index in [0.717, 1.165) is 10.5 Å². The van der Waals surface area contributed by atoms with Crippen LogP contribution in [0.4, 0.5) is 10.5 Å². The molecule has 1 fully saturated rings. The van der Waals surface area contributed by atoms with Gasteiger partial charge in [-0.3, -0.25) is 14.9 Å². The lowest BCUT2D eigenvalue weighted by Gasteiger charge is -2.26. The van der Waals surface area contributed by atoms with Crippen LogP contribution in [-0.2, 0) is 9.59 Å². The number of carbonyl (C=O) groups excluding carboxylic acids is 3. The zero-order valence-electron chi connectivity index (χ0n) is 15.6. The number of barbiturate groups is 1. The Bertz CT molecular complexity index is 1210. The Morgan fingerprint density at radius 2 is 1.70 bits per heavy atom. The summed E-state index contributed by atoms with van der Waals surface area (Å²) in [5.41, 5.74) is 1.67. The first-order valence-electron chi connectivity index (χ1n) is 8.87. The molecule has 1 aliphatic rings. The van der Waals surface area contributed by atoms with Gasteiger partial charge in [0, 0.05) is 10.6 Å². The smallest absolute Gasteiger partial charge is 0.335 e. The molecule has 6 nitrogen and oxygen atoms in total. The van der Waals surface area contributed by atoms with E-state index in [1.165, 1.54) is 6.08 Å². The summed E-state index contributed by atoms with van der Waals surface area (Å²) in [6.07, 6.45) is 1.28. The van der Waals surface area contributed by atoms with Gasteiger partial charge in [-0.25, -0.2) is 9.69 Å². The van der Waals surface area contributed by atoms with Gasteiger partial charge in [0.05, 0.1) is 10.7 Å². The summed E-state index contributed by atoms with van der Waals surface area (Å²) in [5, 5.41) is 3.10. The minimum Gasteiger partial charge on any atom is -0.457 e. The maximum Gasteiger partial charge on any atom is 0.335 e. The maximum absolute atomic E-state index is 12.9. The van der Waals surface area contributed by atoms with Crippen molar-refractivity contribution in [3.63, 3.8) is 0 Å².